The van der Waals surface area contributed by atoms with Gasteiger partial charge in [-0.1, -0.05) is 26.0 Å². The topological polar surface area (TPSA) is 46.3 Å². The molecule has 0 heterocycles. The molecule has 1 aromatic carbocycles. The average molecular weight is 276 g/mol. The number of benzene rings is 1. The van der Waals surface area contributed by atoms with Gasteiger partial charge < -0.3 is 10.6 Å². The molecule has 112 valence electrons. The van der Waals surface area contributed by atoms with Gasteiger partial charge in [0.2, 0.25) is 5.91 Å². The minimum absolute atomic E-state index is 0.175. The van der Waals surface area contributed by atoms with Crippen LogP contribution in [0, 0.1) is 18.8 Å². The average Bonchev–Trinajstić information content (AvgIpc) is 2.38. The summed E-state index contributed by atoms with van der Waals surface area (Å²) in [5.41, 5.74) is 7.96. The minimum atomic E-state index is 0.175. The van der Waals surface area contributed by atoms with Crippen molar-refractivity contribution in [1.82, 2.24) is 0 Å². The van der Waals surface area contributed by atoms with Crippen molar-refractivity contribution in [3.63, 3.8) is 0 Å². The third-order valence-corrected chi connectivity index (χ3v) is 3.53. The van der Waals surface area contributed by atoms with E-state index in [0.717, 1.165) is 12.1 Å². The highest BCUT2D eigenvalue weighted by Gasteiger charge is 2.19. The van der Waals surface area contributed by atoms with Crippen molar-refractivity contribution in [1.29, 1.82) is 0 Å². The molecule has 0 saturated carbocycles. The van der Waals surface area contributed by atoms with E-state index in [1.807, 2.05) is 36.9 Å². The molecule has 0 aliphatic heterocycles. The standard InChI is InChI=1S/C17H28N2O/c1-5-19(16-8-6-7-14(4)10-16)17(20)11-15(12-18)9-13(2)3/h6-8,10,13,15H,5,9,11-12,18H2,1-4H3. The molecule has 0 radical (unpaired) electrons. The Hall–Kier alpha value is -1.35. The van der Waals surface area contributed by atoms with Crippen LogP contribution in [0.3, 0.4) is 0 Å². The summed E-state index contributed by atoms with van der Waals surface area (Å²) in [5, 5.41) is 0. The summed E-state index contributed by atoms with van der Waals surface area (Å²) >= 11 is 0. The Balaban J connectivity index is 2.76. The van der Waals surface area contributed by atoms with Crippen LogP contribution in [0.4, 0.5) is 5.69 Å². The molecule has 0 spiro atoms. The third-order valence-electron chi connectivity index (χ3n) is 3.53. The Morgan fingerprint density at radius 1 is 1.35 bits per heavy atom. The van der Waals surface area contributed by atoms with E-state index < -0.39 is 0 Å². The van der Waals surface area contributed by atoms with E-state index in [0.29, 0.717) is 25.4 Å². The minimum Gasteiger partial charge on any atom is -0.330 e. The van der Waals surface area contributed by atoms with E-state index in [2.05, 4.69) is 19.9 Å². The van der Waals surface area contributed by atoms with E-state index in [4.69, 9.17) is 5.73 Å². The van der Waals surface area contributed by atoms with Crippen LogP contribution in [0.2, 0.25) is 0 Å². The van der Waals surface area contributed by atoms with Crippen molar-refractivity contribution in [3.8, 4) is 0 Å². The highest BCUT2D eigenvalue weighted by atomic mass is 16.2. The predicted molar refractivity (Wildman–Crippen MR) is 85.8 cm³/mol. The molecular formula is C17H28N2O. The van der Waals surface area contributed by atoms with Crippen LogP contribution in [0.1, 0.15) is 39.2 Å². The lowest BCUT2D eigenvalue weighted by molar-refractivity contribution is -0.119. The van der Waals surface area contributed by atoms with Crippen molar-refractivity contribution in [2.45, 2.75) is 40.5 Å². The van der Waals surface area contributed by atoms with Crippen LogP contribution in [0.25, 0.3) is 0 Å². The number of carbonyl (C=O) groups is 1. The zero-order valence-electron chi connectivity index (χ0n) is 13.2. The number of carbonyl (C=O) groups excluding carboxylic acids is 1. The fraction of sp³-hybridized carbons (Fsp3) is 0.588. The first-order chi connectivity index (χ1) is 9.47. The maximum Gasteiger partial charge on any atom is 0.227 e. The molecule has 0 aromatic heterocycles. The fourth-order valence-corrected chi connectivity index (χ4v) is 2.59. The van der Waals surface area contributed by atoms with Crippen LogP contribution in [-0.2, 0) is 4.79 Å². The molecule has 1 rings (SSSR count). The lowest BCUT2D eigenvalue weighted by atomic mass is 9.93. The highest BCUT2D eigenvalue weighted by Crippen LogP contribution is 2.20. The normalized spacial score (nSPS) is 12.5. The second kappa shape index (κ2) is 8.05. The number of hydrogen-bond donors (Lipinski definition) is 1. The summed E-state index contributed by atoms with van der Waals surface area (Å²) in [7, 11) is 0. The molecule has 3 heteroatoms. The molecule has 1 amide bonds. The largest absolute Gasteiger partial charge is 0.330 e. The molecule has 2 N–H and O–H groups in total. The smallest absolute Gasteiger partial charge is 0.227 e. The van der Waals surface area contributed by atoms with Gasteiger partial charge in [0, 0.05) is 18.7 Å². The zero-order valence-corrected chi connectivity index (χ0v) is 13.2. The first-order valence-corrected chi connectivity index (χ1v) is 7.55. The maximum atomic E-state index is 12.5. The van der Waals surface area contributed by atoms with Gasteiger partial charge in [-0.05, 0) is 56.3 Å². The molecule has 0 fully saturated rings. The quantitative estimate of drug-likeness (QED) is 0.830. The molecule has 1 atom stereocenters. The Morgan fingerprint density at radius 2 is 2.05 bits per heavy atom. The van der Waals surface area contributed by atoms with Gasteiger partial charge in [-0.3, -0.25) is 4.79 Å². The second-order valence-corrected chi connectivity index (χ2v) is 5.91. The van der Waals surface area contributed by atoms with Crippen LogP contribution in [0.5, 0.6) is 0 Å². The number of amides is 1. The summed E-state index contributed by atoms with van der Waals surface area (Å²) < 4.78 is 0. The number of aryl methyl sites for hydroxylation is 1. The van der Waals surface area contributed by atoms with Crippen LogP contribution < -0.4 is 10.6 Å². The van der Waals surface area contributed by atoms with Crippen molar-refractivity contribution >= 4 is 11.6 Å². The molecular weight excluding hydrogens is 248 g/mol. The summed E-state index contributed by atoms with van der Waals surface area (Å²) in [6, 6.07) is 8.09. The third kappa shape index (κ3) is 4.97. The molecule has 0 aliphatic rings. The Morgan fingerprint density at radius 3 is 2.55 bits per heavy atom. The van der Waals surface area contributed by atoms with E-state index in [1.54, 1.807) is 0 Å². The number of hydrogen-bond acceptors (Lipinski definition) is 2. The van der Waals surface area contributed by atoms with Gasteiger partial charge in [0.15, 0.2) is 0 Å². The maximum absolute atomic E-state index is 12.5. The number of nitrogens with zero attached hydrogens (tertiary/aromatic N) is 1. The summed E-state index contributed by atoms with van der Waals surface area (Å²) in [5.74, 6) is 1.03. The van der Waals surface area contributed by atoms with Gasteiger partial charge in [-0.25, -0.2) is 0 Å². The highest BCUT2D eigenvalue weighted by molar-refractivity contribution is 5.93. The van der Waals surface area contributed by atoms with Gasteiger partial charge in [0.25, 0.3) is 0 Å². The zero-order chi connectivity index (χ0) is 15.1. The Labute approximate surface area is 123 Å². The summed E-state index contributed by atoms with van der Waals surface area (Å²) in [6.07, 6.45) is 1.55. The van der Waals surface area contributed by atoms with Gasteiger partial charge in [0.05, 0.1) is 0 Å². The molecule has 1 unspecified atom stereocenters. The molecule has 20 heavy (non-hydrogen) atoms. The van der Waals surface area contributed by atoms with Gasteiger partial charge >= 0.3 is 0 Å². The Kier molecular flexibility index (Phi) is 6.73. The van der Waals surface area contributed by atoms with E-state index in [1.165, 1.54) is 5.56 Å². The lowest BCUT2D eigenvalue weighted by Gasteiger charge is -2.24. The van der Waals surface area contributed by atoms with Crippen molar-refractivity contribution in [3.05, 3.63) is 29.8 Å². The predicted octanol–water partition coefficient (Wildman–Crippen LogP) is 3.36. The molecule has 0 bridgehead atoms. The van der Waals surface area contributed by atoms with Gasteiger partial charge in [0.1, 0.15) is 0 Å². The second-order valence-electron chi connectivity index (χ2n) is 5.91. The first kappa shape index (κ1) is 16.7. The van der Waals surface area contributed by atoms with Crippen LogP contribution in [0.15, 0.2) is 24.3 Å². The van der Waals surface area contributed by atoms with E-state index >= 15 is 0 Å². The van der Waals surface area contributed by atoms with Gasteiger partial charge in [-0.15, -0.1) is 0 Å². The van der Waals surface area contributed by atoms with Crippen LogP contribution >= 0.6 is 0 Å². The monoisotopic (exact) mass is 276 g/mol. The van der Waals surface area contributed by atoms with Crippen LogP contribution in [-0.4, -0.2) is 19.0 Å². The first-order valence-electron chi connectivity index (χ1n) is 7.55. The van der Waals surface area contributed by atoms with Crippen molar-refractivity contribution in [2.75, 3.05) is 18.0 Å². The van der Waals surface area contributed by atoms with Crippen molar-refractivity contribution in [2.24, 2.45) is 17.6 Å². The summed E-state index contributed by atoms with van der Waals surface area (Å²) in [6.45, 7) is 9.68. The van der Waals surface area contributed by atoms with Gasteiger partial charge in [-0.2, -0.15) is 0 Å². The fourth-order valence-electron chi connectivity index (χ4n) is 2.59. The van der Waals surface area contributed by atoms with E-state index in [9.17, 15) is 4.79 Å². The summed E-state index contributed by atoms with van der Waals surface area (Å²) in [4.78, 5) is 14.4. The number of anilines is 1. The molecule has 3 nitrogen and oxygen atoms in total. The van der Waals surface area contributed by atoms with E-state index in [-0.39, 0.29) is 11.8 Å². The molecule has 0 saturated heterocycles. The molecule has 0 aliphatic carbocycles. The SMILES string of the molecule is CCN(C(=O)CC(CN)CC(C)C)c1cccc(C)c1. The van der Waals surface area contributed by atoms with Crippen molar-refractivity contribution < 1.29 is 4.79 Å². The number of nitrogens with two attached hydrogens (primary N) is 1. The Bertz CT molecular complexity index is 429. The molecule has 1 aromatic rings. The number of rotatable bonds is 7. The lowest BCUT2D eigenvalue weighted by Crippen LogP contribution is -2.33.